The molecule has 3 atom stereocenters. The largest absolute Gasteiger partial charge is 0.625 e. The molecule has 9 nitrogen and oxygen atoms in total. The molecule has 0 aliphatic carbocycles. The number of nitrogens with zero attached hydrogens (tertiary/aromatic N) is 6. The number of anilines is 9. The fraction of sp³-hybridized carbons (Fsp3) is 0.0968. The highest BCUT2D eigenvalue weighted by Crippen LogP contribution is 2.58. The van der Waals surface area contributed by atoms with Crippen molar-refractivity contribution in [2.24, 2.45) is 0 Å². The van der Waals surface area contributed by atoms with Gasteiger partial charge in [-0.15, -0.1) is 0 Å². The van der Waals surface area contributed by atoms with Crippen LogP contribution in [0.3, 0.4) is 0 Å². The van der Waals surface area contributed by atoms with Crippen molar-refractivity contribution in [1.29, 1.82) is 0 Å². The van der Waals surface area contributed by atoms with Crippen LogP contribution in [0.1, 0.15) is 74.9 Å². The van der Waals surface area contributed by atoms with E-state index >= 15 is 0 Å². The third-order valence-electron chi connectivity index (χ3n) is 22.1. The van der Waals surface area contributed by atoms with Gasteiger partial charge in [-0.05, 0) is 188 Å². The standard InChI is InChI=1S/3C31H23N2OP/c1-31(2)23-11-5-7-13-27(23)33(30-22-10-4-3-9-20(22)15-17-24(30)31)21-16-18-29-26(19-21)32-25-12-6-8-14-28(25)35(29)34;1-31(2)23-11-5-7-13-26(23)33(27-17-15-20-9-3-4-10-22(20)30(27)31)21-16-18-29-25(19-21)32-24-12-6-8-14-28(24)35(29)34;1-31(2)23-11-5-7-13-27(23)33(28-18-21-10-4-3-9-20(21)17-24(28)31)22-15-16-30-26(19-22)32-25-12-6-8-14-29(25)35(30)34/h3*3-19H,1-2H3. The Morgan fingerprint density at radius 1 is 0.248 bits per heavy atom. The van der Waals surface area contributed by atoms with Crippen LogP contribution < -0.4 is 29.4 Å². The first-order valence-electron chi connectivity index (χ1n) is 35.6. The summed E-state index contributed by atoms with van der Waals surface area (Å²) in [6.45, 7) is 13.9. The Balaban J connectivity index is 0.000000108. The maximum atomic E-state index is 13.3. The van der Waals surface area contributed by atoms with Crippen molar-refractivity contribution >= 4 is 171 Å². The van der Waals surface area contributed by atoms with Gasteiger partial charge in [0.15, 0.2) is 30.7 Å². The van der Waals surface area contributed by atoms with Gasteiger partial charge in [0.05, 0.1) is 34.1 Å². The maximum absolute atomic E-state index is 13.3. The molecule has 0 spiro atoms. The zero-order valence-electron chi connectivity index (χ0n) is 58.7. The minimum absolute atomic E-state index is 0.146. The summed E-state index contributed by atoms with van der Waals surface area (Å²) in [6.07, 6.45) is 0. The third-order valence-corrected chi connectivity index (χ3v) is 27.0. The molecule has 3 aliphatic rings. The van der Waals surface area contributed by atoms with Gasteiger partial charge in [-0.3, -0.25) is 0 Å². The lowest BCUT2D eigenvalue weighted by Crippen LogP contribution is -2.30. The van der Waals surface area contributed by atoms with E-state index in [2.05, 4.69) is 275 Å². The first-order chi connectivity index (χ1) is 51.1. The molecule has 0 saturated heterocycles. The fourth-order valence-electron chi connectivity index (χ4n) is 16.9. The molecule has 3 unspecified atom stereocenters. The average Bonchev–Trinajstić information content (AvgIpc) is 0.721. The van der Waals surface area contributed by atoms with E-state index in [-0.39, 0.29) is 16.2 Å². The quantitative estimate of drug-likeness (QED) is 0.159. The third kappa shape index (κ3) is 10.2. The lowest BCUT2D eigenvalue weighted by molar-refractivity contribution is -0.149. The highest BCUT2D eigenvalue weighted by Gasteiger charge is 2.41. The van der Waals surface area contributed by atoms with Crippen LogP contribution in [0, 0.1) is 0 Å². The van der Waals surface area contributed by atoms with Gasteiger partial charge in [0, 0.05) is 38.7 Å². The van der Waals surface area contributed by atoms with Crippen LogP contribution >= 0.6 is 23.3 Å². The van der Waals surface area contributed by atoms with Gasteiger partial charge in [0.25, 0.3) is 0 Å². The zero-order valence-corrected chi connectivity index (χ0v) is 61.4. The summed E-state index contributed by atoms with van der Waals surface area (Å²) in [5, 5.41) is 12.2. The number of aromatic nitrogens is 3. The van der Waals surface area contributed by atoms with Gasteiger partial charge < -0.3 is 29.4 Å². The van der Waals surface area contributed by atoms with Crippen molar-refractivity contribution in [3.8, 4) is 0 Å². The first kappa shape index (κ1) is 64.5. The van der Waals surface area contributed by atoms with Gasteiger partial charge in [-0.25, -0.2) is 15.0 Å². The lowest BCUT2D eigenvalue weighted by Gasteiger charge is -2.42. The molecule has 18 aromatic rings. The Bertz CT molecular complexity index is 6530. The van der Waals surface area contributed by atoms with Crippen LogP contribution in [0.15, 0.2) is 309 Å². The molecular formula is C93H69N6O3P3. The normalized spacial score (nSPS) is 14.8. The molecule has 504 valence electrons. The smallest absolute Gasteiger partial charge is 0.171 e. The van der Waals surface area contributed by atoms with Crippen LogP contribution in [0.2, 0.25) is 0 Å². The molecule has 15 aromatic carbocycles. The lowest BCUT2D eigenvalue weighted by atomic mass is 9.72. The second kappa shape index (κ2) is 24.7. The van der Waals surface area contributed by atoms with Crippen molar-refractivity contribution < 1.29 is 14.7 Å². The molecule has 0 bridgehead atoms. The second-order valence-electron chi connectivity index (χ2n) is 29.2. The summed E-state index contributed by atoms with van der Waals surface area (Å²) in [5.41, 5.74) is 22.2. The van der Waals surface area contributed by atoms with E-state index < -0.39 is 23.3 Å². The number of rotatable bonds is 3. The number of benzene rings is 15. The van der Waals surface area contributed by atoms with E-state index in [9.17, 15) is 14.7 Å². The highest BCUT2D eigenvalue weighted by molar-refractivity contribution is 7.54. The van der Waals surface area contributed by atoms with Crippen molar-refractivity contribution in [2.45, 2.75) is 57.8 Å². The number of fused-ring (bicyclic) bond motifs is 17. The SMILES string of the molecule is CC1(C)c2ccccc2N(c2ccc3c(c2)nc2ccccc2[p+]3[O-])c2c1ccc1ccccc21.CC1(C)c2ccccc2N(c2ccc3c(c2)nc2ccccc2[p+]3[O-])c2cc3ccccc3cc21.CC1(C)c2ccccc2N(c2ccc3c(c2)nc2ccccc2[p+]3[O-])c2ccc3ccccc3c21. The van der Waals surface area contributed by atoms with E-state index in [1.165, 1.54) is 99.8 Å². The van der Waals surface area contributed by atoms with Crippen molar-refractivity contribution in [2.75, 3.05) is 14.7 Å². The molecular weight excluding hydrogens is 1340 g/mol. The summed E-state index contributed by atoms with van der Waals surface area (Å²) < 4.78 is 0. The van der Waals surface area contributed by atoms with Crippen LogP contribution in [-0.2, 0) is 16.2 Å². The topological polar surface area (TPSA) is 118 Å². The second-order valence-corrected chi connectivity index (χ2v) is 33.9. The Kier molecular flexibility index (Phi) is 15.2. The van der Waals surface area contributed by atoms with Gasteiger partial charge in [0.1, 0.15) is 56.4 Å². The Morgan fingerprint density at radius 2 is 0.600 bits per heavy atom. The zero-order chi connectivity index (χ0) is 71.2. The molecule has 12 heteroatoms. The van der Waals surface area contributed by atoms with E-state index in [0.29, 0.717) is 0 Å². The Morgan fingerprint density at radius 3 is 1.10 bits per heavy atom. The number of hydrogen-bond donors (Lipinski definition) is 0. The fourth-order valence-corrected chi connectivity index (χ4v) is 21.0. The van der Waals surface area contributed by atoms with E-state index in [1.54, 1.807) is 0 Å². The van der Waals surface area contributed by atoms with Crippen molar-refractivity contribution in [3.63, 3.8) is 0 Å². The van der Waals surface area contributed by atoms with Gasteiger partial charge in [0.2, 0.25) is 0 Å². The molecule has 0 amide bonds. The molecule has 3 aromatic heterocycles. The summed E-state index contributed by atoms with van der Waals surface area (Å²) in [6, 6.07) is 107. The highest BCUT2D eigenvalue weighted by atomic mass is 31.1. The molecule has 105 heavy (non-hydrogen) atoms. The van der Waals surface area contributed by atoms with Gasteiger partial charge >= 0.3 is 0 Å². The minimum Gasteiger partial charge on any atom is -0.625 e. The maximum Gasteiger partial charge on any atom is 0.171 e. The molecule has 0 radical (unpaired) electrons. The molecule has 0 saturated carbocycles. The van der Waals surface area contributed by atoms with Gasteiger partial charge in [-0.1, -0.05) is 224 Å². The van der Waals surface area contributed by atoms with Crippen LogP contribution in [-0.4, -0.2) is 15.0 Å². The van der Waals surface area contributed by atoms with E-state index in [1.807, 2.05) is 91.0 Å². The van der Waals surface area contributed by atoms with E-state index in [4.69, 9.17) is 15.0 Å². The monoisotopic (exact) mass is 1410 g/mol. The summed E-state index contributed by atoms with van der Waals surface area (Å²) in [5.74, 6) is 0. The average molecular weight is 1410 g/mol. The van der Waals surface area contributed by atoms with Gasteiger partial charge in [-0.2, -0.15) is 0 Å². The van der Waals surface area contributed by atoms with Crippen LogP contribution in [0.5, 0.6) is 0 Å². The Hall–Kier alpha value is -11.3. The summed E-state index contributed by atoms with van der Waals surface area (Å²) in [7, 11) is -4.98. The van der Waals surface area contributed by atoms with Crippen LogP contribution in [0.25, 0.3) is 96.1 Å². The molecule has 0 N–H and O–H groups in total. The van der Waals surface area contributed by atoms with Crippen LogP contribution in [0.4, 0.5) is 51.2 Å². The van der Waals surface area contributed by atoms with E-state index in [0.717, 1.165) is 80.9 Å². The predicted molar refractivity (Wildman–Crippen MR) is 438 cm³/mol. The molecule has 6 heterocycles. The molecule has 3 aliphatic heterocycles. The van der Waals surface area contributed by atoms with Crippen molar-refractivity contribution in [1.82, 2.24) is 15.0 Å². The van der Waals surface area contributed by atoms with Crippen molar-refractivity contribution in [3.05, 3.63) is 343 Å². The molecule has 21 rings (SSSR count). The molecule has 0 fully saturated rings. The summed E-state index contributed by atoms with van der Waals surface area (Å²) in [4.78, 5) is 61.7. The number of hydrogen-bond acceptors (Lipinski definition) is 9. The summed E-state index contributed by atoms with van der Waals surface area (Å²) >= 11 is 0. The first-order valence-corrected chi connectivity index (χ1v) is 39.4. The minimum atomic E-state index is -1.66. The predicted octanol–water partition coefficient (Wildman–Crippen LogP) is 24.1. The Labute approximate surface area is 611 Å². The number of para-hydroxylation sites is 6.